The number of benzene rings is 4. The van der Waals surface area contributed by atoms with Crippen molar-refractivity contribution in [2.75, 3.05) is 23.0 Å². The average Bonchev–Trinajstić information content (AvgIpc) is 3.98. The van der Waals surface area contributed by atoms with E-state index in [2.05, 4.69) is 19.9 Å². The van der Waals surface area contributed by atoms with Gasteiger partial charge in [-0.05, 0) is 69.3 Å². The number of nitrogens with one attached hydrogen (secondary N) is 2. The SMILES string of the molecule is CC1=C(OCC(F)(F)C(F)F)C(=O)N(c2ccc3nc[nH]c3c2)C1c1cccc(F)c1F.CCOC1=C(C)C(c2cccc(F)c2F)N(c2ccc3nc[nH]c3c2)C1=O. The smallest absolute Gasteiger partial charge is 0.340 e. The van der Waals surface area contributed by atoms with Crippen LogP contribution in [0.15, 0.2) is 108 Å². The van der Waals surface area contributed by atoms with Crippen LogP contribution >= 0.6 is 0 Å². The molecule has 4 heterocycles. The number of amides is 2. The summed E-state index contributed by atoms with van der Waals surface area (Å²) in [7, 11) is 0. The Morgan fingerprint density at radius 1 is 0.695 bits per heavy atom. The van der Waals surface area contributed by atoms with Gasteiger partial charge in [-0.2, -0.15) is 8.78 Å². The van der Waals surface area contributed by atoms with E-state index in [1.165, 1.54) is 54.5 Å². The summed E-state index contributed by atoms with van der Waals surface area (Å²) in [5.41, 5.74) is 3.65. The van der Waals surface area contributed by atoms with Crippen LogP contribution in [-0.4, -0.2) is 57.3 Å². The molecular weight excluding hydrogens is 792 g/mol. The molecule has 8 rings (SSSR count). The maximum absolute atomic E-state index is 14.6. The van der Waals surface area contributed by atoms with Crippen molar-refractivity contribution in [1.29, 1.82) is 0 Å². The minimum Gasteiger partial charge on any atom is -0.488 e. The van der Waals surface area contributed by atoms with Crippen LogP contribution in [0.3, 0.4) is 0 Å². The number of hydrogen-bond acceptors (Lipinski definition) is 6. The fourth-order valence-corrected chi connectivity index (χ4v) is 7.04. The van der Waals surface area contributed by atoms with Crippen molar-refractivity contribution in [2.24, 2.45) is 0 Å². The monoisotopic (exact) mass is 824 g/mol. The first-order chi connectivity index (χ1) is 28.1. The van der Waals surface area contributed by atoms with Crippen LogP contribution in [0.4, 0.5) is 46.5 Å². The molecule has 6 aromatic rings. The predicted octanol–water partition coefficient (Wildman–Crippen LogP) is 9.36. The first-order valence-corrected chi connectivity index (χ1v) is 17.9. The van der Waals surface area contributed by atoms with E-state index < -0.39 is 66.0 Å². The minimum absolute atomic E-state index is 0.0331. The summed E-state index contributed by atoms with van der Waals surface area (Å²) in [4.78, 5) is 42.7. The largest absolute Gasteiger partial charge is 0.488 e. The summed E-state index contributed by atoms with van der Waals surface area (Å²) in [6.07, 6.45) is -1.04. The number of nitrogens with zero attached hydrogens (tertiary/aromatic N) is 4. The molecule has 0 bridgehead atoms. The number of H-pyrrole nitrogens is 2. The van der Waals surface area contributed by atoms with Crippen LogP contribution in [0.2, 0.25) is 0 Å². The van der Waals surface area contributed by atoms with Crippen LogP contribution in [0.1, 0.15) is 44.0 Å². The fourth-order valence-electron chi connectivity index (χ4n) is 7.04. The zero-order chi connectivity index (χ0) is 42.3. The molecule has 2 aliphatic heterocycles. The van der Waals surface area contributed by atoms with E-state index in [0.29, 0.717) is 28.9 Å². The second kappa shape index (κ2) is 15.9. The van der Waals surface area contributed by atoms with Crippen molar-refractivity contribution in [3.8, 4) is 0 Å². The van der Waals surface area contributed by atoms with Crippen LogP contribution in [0.5, 0.6) is 0 Å². The zero-order valence-corrected chi connectivity index (χ0v) is 31.2. The van der Waals surface area contributed by atoms with Gasteiger partial charge in [0, 0.05) is 33.6 Å². The van der Waals surface area contributed by atoms with E-state index in [1.54, 1.807) is 44.4 Å². The normalized spacial score (nSPS) is 17.2. The number of carbonyl (C=O) groups is 2. The minimum atomic E-state index is -4.50. The third-order valence-electron chi connectivity index (χ3n) is 9.81. The number of imidazole rings is 2. The van der Waals surface area contributed by atoms with Gasteiger partial charge >= 0.3 is 12.3 Å². The van der Waals surface area contributed by atoms with Crippen LogP contribution in [0.25, 0.3) is 22.1 Å². The summed E-state index contributed by atoms with van der Waals surface area (Å²) in [5.74, 6) is -10.7. The third-order valence-corrected chi connectivity index (χ3v) is 9.81. The Morgan fingerprint density at radius 3 is 1.56 bits per heavy atom. The molecule has 0 aliphatic carbocycles. The van der Waals surface area contributed by atoms with Gasteiger partial charge in [0.05, 0.1) is 53.4 Å². The number of aromatic nitrogens is 4. The van der Waals surface area contributed by atoms with Gasteiger partial charge in [0.25, 0.3) is 11.8 Å². The Kier molecular flexibility index (Phi) is 10.9. The second-order valence-corrected chi connectivity index (χ2v) is 13.5. The molecule has 2 aliphatic rings. The highest BCUT2D eigenvalue weighted by molar-refractivity contribution is 6.10. The molecule has 0 fully saturated rings. The van der Waals surface area contributed by atoms with Crippen molar-refractivity contribution < 1.29 is 54.2 Å². The lowest BCUT2D eigenvalue weighted by molar-refractivity contribution is -0.159. The molecular formula is C41H32F8N6O4. The van der Waals surface area contributed by atoms with Gasteiger partial charge in [-0.3, -0.25) is 19.4 Å². The van der Waals surface area contributed by atoms with Crippen LogP contribution in [-0.2, 0) is 19.1 Å². The lowest BCUT2D eigenvalue weighted by Gasteiger charge is -2.27. The van der Waals surface area contributed by atoms with Gasteiger partial charge in [-0.25, -0.2) is 36.3 Å². The van der Waals surface area contributed by atoms with Gasteiger partial charge in [0.2, 0.25) is 0 Å². The van der Waals surface area contributed by atoms with E-state index in [0.717, 1.165) is 28.1 Å². The van der Waals surface area contributed by atoms with E-state index in [4.69, 9.17) is 9.47 Å². The van der Waals surface area contributed by atoms with Gasteiger partial charge in [0.15, 0.2) is 41.4 Å². The van der Waals surface area contributed by atoms with Gasteiger partial charge < -0.3 is 19.4 Å². The number of alkyl halides is 4. The Bertz CT molecular complexity index is 2660. The Balaban J connectivity index is 0.000000181. The van der Waals surface area contributed by atoms with E-state index in [9.17, 15) is 44.7 Å². The van der Waals surface area contributed by atoms with Crippen molar-refractivity contribution in [1.82, 2.24) is 19.9 Å². The molecule has 2 aromatic heterocycles. The molecule has 4 aromatic carbocycles. The van der Waals surface area contributed by atoms with Crippen molar-refractivity contribution in [2.45, 2.75) is 45.2 Å². The van der Waals surface area contributed by atoms with E-state index in [-0.39, 0.29) is 34.1 Å². The number of hydrogen-bond donors (Lipinski definition) is 2. The molecule has 59 heavy (non-hydrogen) atoms. The Labute approximate surface area is 329 Å². The zero-order valence-electron chi connectivity index (χ0n) is 31.2. The van der Waals surface area contributed by atoms with Crippen molar-refractivity contribution in [3.05, 3.63) is 143 Å². The Morgan fingerprint density at radius 2 is 1.14 bits per heavy atom. The lowest BCUT2D eigenvalue weighted by atomic mass is 9.99. The molecule has 0 saturated carbocycles. The van der Waals surface area contributed by atoms with Gasteiger partial charge in [-0.15, -0.1) is 0 Å². The number of fused-ring (bicyclic) bond motifs is 2. The molecule has 0 radical (unpaired) electrons. The molecule has 2 atom stereocenters. The molecule has 0 spiro atoms. The summed E-state index contributed by atoms with van der Waals surface area (Å²) in [5, 5.41) is 0. The van der Waals surface area contributed by atoms with E-state index in [1.807, 2.05) is 0 Å². The first-order valence-electron chi connectivity index (χ1n) is 17.9. The topological polar surface area (TPSA) is 116 Å². The van der Waals surface area contributed by atoms with Crippen LogP contribution in [0, 0.1) is 23.3 Å². The summed E-state index contributed by atoms with van der Waals surface area (Å²) in [6, 6.07) is 15.1. The molecule has 10 nitrogen and oxygen atoms in total. The standard InChI is InChI=1S/C21H15F6N3O2.C20H17F2N3O2/c1-10-17(12-3-2-4-13(22)16(12)23)30(11-5-6-14-15(7-11)29-9-28-14)19(31)18(10)32-8-21(26,27)20(24)25;1-3-27-19-11(2)18(13-5-4-6-14(21)17(13)22)25(20(19)26)12-7-8-15-16(9-12)24-10-23-15/h2-7,9,17,20H,8H2,1H3,(H,28,29);4-10,18H,3H2,1-2H3,(H,23,24). The maximum atomic E-state index is 14.6. The van der Waals surface area contributed by atoms with Crippen molar-refractivity contribution >= 4 is 45.3 Å². The van der Waals surface area contributed by atoms with Gasteiger partial charge in [-0.1, -0.05) is 24.3 Å². The quantitative estimate of drug-likeness (QED) is 0.133. The Hall–Kier alpha value is -6.72. The molecule has 18 heteroatoms. The fraction of sp³-hybridized carbons (Fsp3) is 0.220. The second-order valence-electron chi connectivity index (χ2n) is 13.5. The highest BCUT2D eigenvalue weighted by Gasteiger charge is 2.46. The number of rotatable bonds is 10. The number of aromatic amines is 2. The highest BCUT2D eigenvalue weighted by Crippen LogP contribution is 2.45. The molecule has 2 amide bonds. The first kappa shape index (κ1) is 40.5. The summed E-state index contributed by atoms with van der Waals surface area (Å²) >= 11 is 0. The number of halogens is 8. The van der Waals surface area contributed by atoms with Crippen LogP contribution < -0.4 is 9.80 Å². The third kappa shape index (κ3) is 7.34. The molecule has 306 valence electrons. The highest BCUT2D eigenvalue weighted by atomic mass is 19.3. The average molecular weight is 825 g/mol. The summed E-state index contributed by atoms with van der Waals surface area (Å²) in [6.45, 7) is 3.31. The maximum Gasteiger partial charge on any atom is 0.340 e. The molecule has 0 saturated heterocycles. The number of anilines is 2. The number of ether oxygens (including phenoxy) is 2. The molecule has 2 unspecified atom stereocenters. The van der Waals surface area contributed by atoms with Gasteiger partial charge in [0.1, 0.15) is 0 Å². The summed E-state index contributed by atoms with van der Waals surface area (Å²) < 4.78 is 119. The van der Waals surface area contributed by atoms with Crippen molar-refractivity contribution in [3.63, 3.8) is 0 Å². The number of carbonyl (C=O) groups excluding carboxylic acids is 2. The lowest BCUT2D eigenvalue weighted by Crippen LogP contribution is -2.34. The predicted molar refractivity (Wildman–Crippen MR) is 199 cm³/mol. The van der Waals surface area contributed by atoms with E-state index >= 15 is 0 Å². The molecule has 2 N–H and O–H groups in total.